The summed E-state index contributed by atoms with van der Waals surface area (Å²) in [5.41, 5.74) is 10.1. The summed E-state index contributed by atoms with van der Waals surface area (Å²) in [7, 11) is 0. The van der Waals surface area contributed by atoms with Gasteiger partial charge in [0.2, 0.25) is 0 Å². The molecule has 4 saturated carbocycles. The predicted molar refractivity (Wildman–Crippen MR) is 314 cm³/mol. The number of dihydropyridines is 1. The number of benzene rings is 2. The molecule has 13 atom stereocenters. The van der Waals surface area contributed by atoms with Crippen LogP contribution in [0.1, 0.15) is 174 Å². The van der Waals surface area contributed by atoms with Crippen molar-refractivity contribution in [3.63, 3.8) is 0 Å². The summed E-state index contributed by atoms with van der Waals surface area (Å²) >= 11 is 0. The molecule has 6 heterocycles. The molecule has 2 aromatic rings. The Morgan fingerprint density at radius 3 is 2.44 bits per heavy atom. The first-order valence-corrected chi connectivity index (χ1v) is 31.5. The van der Waals surface area contributed by atoms with Crippen molar-refractivity contribution in [2.45, 2.75) is 181 Å². The number of carbonyl (C=O) groups excluding carboxylic acids is 1. The van der Waals surface area contributed by atoms with Gasteiger partial charge in [-0.2, -0.15) is 0 Å². The van der Waals surface area contributed by atoms with Gasteiger partial charge in [0.1, 0.15) is 5.78 Å². The molecule has 8 heteroatoms. The molecule has 420 valence electrons. The van der Waals surface area contributed by atoms with Gasteiger partial charge in [0.05, 0.1) is 30.2 Å². The molecule has 0 saturated heterocycles. The van der Waals surface area contributed by atoms with Crippen LogP contribution >= 0.6 is 0 Å². The van der Waals surface area contributed by atoms with Crippen LogP contribution in [0, 0.1) is 74.4 Å². The van der Waals surface area contributed by atoms with Gasteiger partial charge in [-0.3, -0.25) is 9.59 Å². The second-order valence-electron chi connectivity index (χ2n) is 28.3. The first-order chi connectivity index (χ1) is 38.1. The Morgan fingerprint density at radius 1 is 0.861 bits per heavy atom. The van der Waals surface area contributed by atoms with E-state index in [0.29, 0.717) is 55.6 Å². The van der Waals surface area contributed by atoms with Gasteiger partial charge in [-0.25, -0.2) is 0 Å². The highest BCUT2D eigenvalue weighted by Gasteiger charge is 2.75. The zero-order valence-corrected chi connectivity index (χ0v) is 47.9. The summed E-state index contributed by atoms with van der Waals surface area (Å²) in [5.74, 6) is 1.07. The molecule has 0 radical (unpaired) electrons. The first kappa shape index (κ1) is 53.4. The average Bonchev–Trinajstić information content (AvgIpc) is 1.84. The van der Waals surface area contributed by atoms with Crippen molar-refractivity contribution in [2.24, 2.45) is 74.4 Å². The summed E-state index contributed by atoms with van der Waals surface area (Å²) in [6.45, 7) is 11.2. The van der Waals surface area contributed by atoms with Crippen LogP contribution in [0.4, 0.5) is 0 Å². The fraction of sp³-hybridized carbons (Fsp3) is 0.606. The lowest BCUT2D eigenvalue weighted by atomic mass is 9.30. The lowest BCUT2D eigenvalue weighted by Gasteiger charge is -2.73. The Kier molecular flexibility index (Phi) is 13.7. The molecule has 6 N–H and O–H groups in total. The number of aliphatic hydroxyl groups excluding tert-OH is 3. The molecule has 15 aliphatic rings. The molecule has 0 aromatic heterocycles. The van der Waals surface area contributed by atoms with E-state index in [-0.39, 0.29) is 28.6 Å². The van der Waals surface area contributed by atoms with E-state index < -0.39 is 46.3 Å². The van der Waals surface area contributed by atoms with E-state index in [1.807, 2.05) is 0 Å². The normalized spacial score (nSPS) is 39.4. The van der Waals surface area contributed by atoms with Gasteiger partial charge in [0.15, 0.2) is 0 Å². The number of carboxylic acids is 1. The molecule has 79 heavy (non-hydrogen) atoms. The Labute approximate surface area is 470 Å². The second-order valence-corrected chi connectivity index (χ2v) is 28.3. The second kappa shape index (κ2) is 20.2. The SMILES string of the molecule is C[C@H](CC1=CC[C@]2(C)[C@@H](O)CC[C@@]34C5=C6C[C@@]1(C=C1C(=c7ccccc7=C[C@H]13)Cc1cccc(c1)C1=CC=C(NCCC[C@@H](C3CCCCC3)/C(=C/O)CC[C@@H](C(=O)O)[C@H]3[C@H](O)C[C@]6(C)[C@]3(C)CC5)NC1)[C@@H]24)C1CCC(=O)CC1. The molecule has 6 aliphatic heterocycles. The van der Waals surface area contributed by atoms with Gasteiger partial charge < -0.3 is 31.1 Å². The summed E-state index contributed by atoms with van der Waals surface area (Å²) in [4.78, 5) is 26.8. The van der Waals surface area contributed by atoms with Crippen molar-refractivity contribution in [3.8, 4) is 0 Å². The number of aliphatic hydroxyl groups is 3. The van der Waals surface area contributed by atoms with E-state index in [4.69, 9.17) is 0 Å². The maximum atomic E-state index is 14.1. The van der Waals surface area contributed by atoms with Gasteiger partial charge in [-0.15, -0.1) is 0 Å². The number of allylic oxidation sites excluding steroid dienone is 9. The van der Waals surface area contributed by atoms with E-state index in [2.05, 4.69) is 117 Å². The fourth-order valence-corrected chi connectivity index (χ4v) is 20.9. The summed E-state index contributed by atoms with van der Waals surface area (Å²) in [6.07, 6.45) is 31.7. The lowest BCUT2D eigenvalue weighted by Crippen LogP contribution is -2.68. The Morgan fingerprint density at radius 2 is 1.67 bits per heavy atom. The quantitative estimate of drug-likeness (QED) is 0.129. The molecule has 4 fully saturated rings. The highest BCUT2D eigenvalue weighted by atomic mass is 16.4. The number of aliphatic carboxylic acids is 1. The topological polar surface area (TPSA) is 139 Å². The number of rotatable bonds is 5. The first-order valence-electron chi connectivity index (χ1n) is 31.5. The minimum absolute atomic E-state index is 0.0690. The van der Waals surface area contributed by atoms with Crippen molar-refractivity contribution in [1.82, 2.24) is 10.6 Å². The van der Waals surface area contributed by atoms with Crippen molar-refractivity contribution in [2.75, 3.05) is 13.1 Å². The number of nitrogens with one attached hydrogen (secondary N) is 2. The van der Waals surface area contributed by atoms with Crippen molar-refractivity contribution < 1.29 is 30.0 Å². The largest absolute Gasteiger partial charge is 0.516 e. The maximum absolute atomic E-state index is 14.1. The molecule has 17 rings (SSSR count). The van der Waals surface area contributed by atoms with Crippen LogP contribution in [0.15, 0.2) is 113 Å². The molecule has 0 unspecified atom stereocenters. The van der Waals surface area contributed by atoms with Crippen molar-refractivity contribution in [3.05, 3.63) is 134 Å². The monoisotopic (exact) mass is 1070 g/mol. The highest BCUT2D eigenvalue weighted by molar-refractivity contribution is 5.79. The van der Waals surface area contributed by atoms with Crippen LogP contribution < -0.4 is 21.1 Å². The van der Waals surface area contributed by atoms with E-state index in [1.54, 1.807) is 5.57 Å². The van der Waals surface area contributed by atoms with Crippen molar-refractivity contribution in [1.29, 1.82) is 0 Å². The van der Waals surface area contributed by atoms with E-state index in [9.17, 15) is 30.0 Å². The molecular weight excluding hydrogens is 977 g/mol. The zero-order valence-electron chi connectivity index (χ0n) is 47.9. The van der Waals surface area contributed by atoms with Crippen LogP contribution in [-0.4, -0.2) is 57.5 Å². The third kappa shape index (κ3) is 8.37. The minimum atomic E-state index is -0.828. The number of carbonyl (C=O) groups is 2. The Hall–Kier alpha value is -4.92. The van der Waals surface area contributed by atoms with Gasteiger partial charge in [0.25, 0.3) is 0 Å². The molecule has 14 bridgehead atoms. The lowest BCUT2D eigenvalue weighted by molar-refractivity contribution is -0.164. The third-order valence-electron chi connectivity index (χ3n) is 24.8. The van der Waals surface area contributed by atoms with Gasteiger partial charge in [-0.05, 0) is 200 Å². The molecule has 8 nitrogen and oxygen atoms in total. The Balaban J connectivity index is 1.01. The highest BCUT2D eigenvalue weighted by Crippen LogP contribution is 2.81. The van der Waals surface area contributed by atoms with Crippen LogP contribution in [0.5, 0.6) is 0 Å². The standard InChI is InChI=1S/C71H90N2O6/c1-43(45-19-23-52(75)24-20-45)34-51-27-30-67(2)62(77)29-32-71-58-28-31-68(3)64-55(65(78)79)25-21-50(42-74)53(46-13-6-5-7-14-46)18-11-33-72-63-26-22-49(41-73-63)47-16-10-12-44(35-47)36-56-54-17-9-8-15-48(54)37-59(71)57(56)38-70(51,66(67)71)39-60(58)69(68,4)40-61(64)76/h8-10,12,15-17,22,26-27,35,37-38,42-43,45-46,53,55,59,61-62,64,66,72-74,76-77H,5-7,11,13-14,18-21,23-25,28-34,36,39-41H2,1-4H3,(H,78,79)/b50-42+/t43-,53+,55-,59-,61-,62+,64+,66-,67-,68-,69+,70-,71-/m1/s1. The van der Waals surface area contributed by atoms with E-state index in [0.717, 1.165) is 114 Å². The molecular formula is C71H90N2O6. The maximum Gasteiger partial charge on any atom is 0.306 e. The third-order valence-corrected chi connectivity index (χ3v) is 24.8. The number of hydrogen-bond donors (Lipinski definition) is 6. The van der Waals surface area contributed by atoms with E-state index >= 15 is 0 Å². The number of ketones is 1. The van der Waals surface area contributed by atoms with Crippen LogP contribution in [0.2, 0.25) is 0 Å². The summed E-state index contributed by atoms with van der Waals surface area (Å²) in [5, 5.41) is 58.6. The summed E-state index contributed by atoms with van der Waals surface area (Å²) < 4.78 is 0. The smallest absolute Gasteiger partial charge is 0.306 e. The predicted octanol–water partition coefficient (Wildman–Crippen LogP) is 12.5. The van der Waals surface area contributed by atoms with Crippen LogP contribution in [-0.2, 0) is 16.0 Å². The number of fused-ring (bicyclic) bond motifs is 1. The molecule has 0 amide bonds. The number of Topliss-reactive ketones (excluding diaryl/α,β-unsaturated/α-hetero) is 1. The zero-order chi connectivity index (χ0) is 54.6. The van der Waals surface area contributed by atoms with Crippen LogP contribution in [0.3, 0.4) is 0 Å². The number of carboxylic acid groups (broad SMARTS) is 1. The van der Waals surface area contributed by atoms with Gasteiger partial charge >= 0.3 is 5.97 Å². The minimum Gasteiger partial charge on any atom is -0.516 e. The van der Waals surface area contributed by atoms with Gasteiger partial charge in [-0.1, -0.05) is 137 Å². The Bertz CT molecular complexity index is 3120. The molecule has 2 aromatic carbocycles. The fourth-order valence-electron chi connectivity index (χ4n) is 20.9. The van der Waals surface area contributed by atoms with Crippen molar-refractivity contribution >= 4 is 29.0 Å². The van der Waals surface area contributed by atoms with E-state index in [1.165, 1.54) is 75.0 Å². The van der Waals surface area contributed by atoms with Crippen LogP contribution in [0.25, 0.3) is 17.2 Å². The average molecular weight is 1070 g/mol. The molecule has 2 spiro atoms. The van der Waals surface area contributed by atoms with Gasteiger partial charge in [0, 0.05) is 54.0 Å². The number of hydrogen-bond acceptors (Lipinski definition) is 7. The summed E-state index contributed by atoms with van der Waals surface area (Å²) in [6, 6.07) is 18.4. The molecule has 9 aliphatic carbocycles.